The van der Waals surface area contributed by atoms with E-state index < -0.39 is 0 Å². The molecule has 1 aliphatic heterocycles. The molecule has 0 bridgehead atoms. The molecule has 4 nitrogen and oxygen atoms in total. The summed E-state index contributed by atoms with van der Waals surface area (Å²) in [5.41, 5.74) is 0.690. The van der Waals surface area contributed by atoms with Gasteiger partial charge in [0.2, 0.25) is 0 Å². The van der Waals surface area contributed by atoms with Crippen molar-refractivity contribution in [3.05, 3.63) is 29.8 Å². The number of amides is 1. The van der Waals surface area contributed by atoms with E-state index in [-0.39, 0.29) is 24.4 Å². The molecule has 0 aromatic heterocycles. The predicted octanol–water partition coefficient (Wildman–Crippen LogP) is 3.50. The maximum Gasteiger partial charge on any atom is 0.251 e. The third-order valence-corrected chi connectivity index (χ3v) is 3.87. The van der Waals surface area contributed by atoms with Crippen molar-refractivity contribution in [1.29, 1.82) is 0 Å². The highest BCUT2D eigenvalue weighted by molar-refractivity contribution is 5.94. The number of nitrogens with one attached hydrogen (secondary N) is 1. The van der Waals surface area contributed by atoms with Gasteiger partial charge in [0.1, 0.15) is 5.75 Å². The Morgan fingerprint density at radius 1 is 1.17 bits per heavy atom. The molecule has 1 fully saturated rings. The zero-order valence-corrected chi connectivity index (χ0v) is 15.0. The first-order valence-corrected chi connectivity index (χ1v) is 8.42. The lowest BCUT2D eigenvalue weighted by Crippen LogP contribution is -2.26. The van der Waals surface area contributed by atoms with Gasteiger partial charge in [-0.05, 0) is 83.4 Å². The van der Waals surface area contributed by atoms with E-state index >= 15 is 0 Å². The van der Waals surface area contributed by atoms with Gasteiger partial charge in [-0.3, -0.25) is 4.79 Å². The van der Waals surface area contributed by atoms with Gasteiger partial charge in [0.25, 0.3) is 5.91 Å². The number of rotatable bonds is 8. The Balaban J connectivity index is 0.00000264. The van der Waals surface area contributed by atoms with E-state index in [4.69, 9.17) is 4.74 Å². The Hall–Kier alpha value is -1.26. The van der Waals surface area contributed by atoms with Crippen molar-refractivity contribution in [3.8, 4) is 5.75 Å². The van der Waals surface area contributed by atoms with Gasteiger partial charge in [-0.15, -0.1) is 12.4 Å². The predicted molar refractivity (Wildman–Crippen MR) is 96.7 cm³/mol. The number of ether oxygens (including phenoxy) is 1. The number of halogens is 1. The topological polar surface area (TPSA) is 41.6 Å². The van der Waals surface area contributed by atoms with Crippen LogP contribution in [0.3, 0.4) is 0 Å². The third kappa shape index (κ3) is 7.23. The number of hydrogen-bond acceptors (Lipinski definition) is 3. The summed E-state index contributed by atoms with van der Waals surface area (Å²) in [6.07, 6.45) is 5.02. The lowest BCUT2D eigenvalue weighted by molar-refractivity contribution is 0.0952. The highest BCUT2D eigenvalue weighted by Gasteiger charge is 2.10. The van der Waals surface area contributed by atoms with Crippen LogP contribution in [0.25, 0.3) is 0 Å². The quantitative estimate of drug-likeness (QED) is 0.736. The number of likely N-dealkylation sites (tertiary alicyclic amines) is 1. The number of unbranched alkanes of at least 4 members (excludes halogenated alkanes) is 1. The molecule has 1 saturated heterocycles. The van der Waals surface area contributed by atoms with Crippen molar-refractivity contribution in [2.24, 2.45) is 0 Å². The standard InChI is InChI=1S/C18H28N2O2.ClH/c1-15(2)22-17-9-7-16(8-10-17)18(21)19-11-3-4-12-20-13-5-6-14-20;/h7-10,15H,3-6,11-14H2,1-2H3,(H,19,21);1H. The van der Waals surface area contributed by atoms with Crippen LogP contribution in [0.5, 0.6) is 5.75 Å². The number of carbonyl (C=O) groups excluding carboxylic acids is 1. The van der Waals surface area contributed by atoms with Gasteiger partial charge in [0.05, 0.1) is 6.10 Å². The van der Waals surface area contributed by atoms with Crippen molar-refractivity contribution in [2.45, 2.75) is 45.6 Å². The van der Waals surface area contributed by atoms with Crippen LogP contribution < -0.4 is 10.1 Å². The van der Waals surface area contributed by atoms with Gasteiger partial charge in [-0.25, -0.2) is 0 Å². The monoisotopic (exact) mass is 340 g/mol. The number of hydrogen-bond donors (Lipinski definition) is 1. The minimum atomic E-state index is -0.00253. The molecule has 1 aromatic rings. The average molecular weight is 341 g/mol. The summed E-state index contributed by atoms with van der Waals surface area (Å²) in [7, 11) is 0. The average Bonchev–Trinajstić information content (AvgIpc) is 3.00. The molecule has 1 aromatic carbocycles. The zero-order valence-electron chi connectivity index (χ0n) is 14.2. The molecule has 0 atom stereocenters. The Labute approximate surface area is 146 Å². The Morgan fingerprint density at radius 2 is 1.83 bits per heavy atom. The largest absolute Gasteiger partial charge is 0.491 e. The second kappa shape index (κ2) is 10.5. The van der Waals surface area contributed by atoms with Crippen LogP contribution >= 0.6 is 12.4 Å². The Bertz CT molecular complexity index is 457. The number of benzene rings is 1. The SMILES string of the molecule is CC(C)Oc1ccc(C(=O)NCCCCN2CCCC2)cc1.Cl. The molecule has 23 heavy (non-hydrogen) atoms. The van der Waals surface area contributed by atoms with E-state index in [2.05, 4.69) is 10.2 Å². The first-order valence-electron chi connectivity index (χ1n) is 8.42. The molecule has 0 saturated carbocycles. The molecule has 5 heteroatoms. The summed E-state index contributed by atoms with van der Waals surface area (Å²) in [5, 5.41) is 2.99. The Morgan fingerprint density at radius 3 is 2.43 bits per heavy atom. The number of nitrogens with zero attached hydrogens (tertiary/aromatic N) is 1. The van der Waals surface area contributed by atoms with Gasteiger partial charge in [-0.2, -0.15) is 0 Å². The maximum absolute atomic E-state index is 12.0. The lowest BCUT2D eigenvalue weighted by atomic mass is 10.2. The molecule has 0 aliphatic carbocycles. The van der Waals surface area contributed by atoms with Gasteiger partial charge < -0.3 is 15.0 Å². The van der Waals surface area contributed by atoms with E-state index in [0.29, 0.717) is 5.56 Å². The maximum atomic E-state index is 12.0. The molecule has 1 aliphatic rings. The fourth-order valence-electron chi connectivity index (χ4n) is 2.73. The summed E-state index contributed by atoms with van der Waals surface area (Å²) >= 11 is 0. The zero-order chi connectivity index (χ0) is 15.8. The van der Waals surface area contributed by atoms with Gasteiger partial charge in [0, 0.05) is 12.1 Å². The first-order chi connectivity index (χ1) is 10.6. The first kappa shape index (κ1) is 19.8. The van der Waals surface area contributed by atoms with Crippen LogP contribution in [-0.2, 0) is 0 Å². The van der Waals surface area contributed by atoms with Crippen LogP contribution in [0.15, 0.2) is 24.3 Å². The van der Waals surface area contributed by atoms with Crippen LogP contribution in [0.4, 0.5) is 0 Å². The minimum absolute atomic E-state index is 0. The van der Waals surface area contributed by atoms with Gasteiger partial charge in [0.15, 0.2) is 0 Å². The molecule has 130 valence electrons. The number of carbonyl (C=O) groups is 1. The van der Waals surface area contributed by atoms with E-state index in [1.807, 2.05) is 38.1 Å². The minimum Gasteiger partial charge on any atom is -0.491 e. The molecule has 2 rings (SSSR count). The highest BCUT2D eigenvalue weighted by atomic mass is 35.5. The summed E-state index contributed by atoms with van der Waals surface area (Å²) in [6.45, 7) is 8.38. The smallest absolute Gasteiger partial charge is 0.251 e. The van der Waals surface area contributed by atoms with Crippen LogP contribution in [-0.4, -0.2) is 43.1 Å². The van der Waals surface area contributed by atoms with E-state index in [1.165, 1.54) is 25.9 Å². The lowest BCUT2D eigenvalue weighted by Gasteiger charge is -2.14. The van der Waals surface area contributed by atoms with Crippen molar-refractivity contribution in [1.82, 2.24) is 10.2 Å². The molecule has 1 amide bonds. The fraction of sp³-hybridized carbons (Fsp3) is 0.611. The molecular formula is C18H29ClN2O2. The summed E-state index contributed by atoms with van der Waals surface area (Å²) in [5.74, 6) is 0.800. The summed E-state index contributed by atoms with van der Waals surface area (Å²) in [4.78, 5) is 14.5. The summed E-state index contributed by atoms with van der Waals surface area (Å²) in [6, 6.07) is 7.33. The third-order valence-electron chi connectivity index (χ3n) is 3.87. The molecule has 0 radical (unpaired) electrons. The van der Waals surface area contributed by atoms with E-state index in [9.17, 15) is 4.79 Å². The molecule has 1 N–H and O–H groups in total. The van der Waals surface area contributed by atoms with Gasteiger partial charge >= 0.3 is 0 Å². The van der Waals surface area contributed by atoms with E-state index in [1.54, 1.807) is 0 Å². The molecule has 0 spiro atoms. The Kier molecular flexibility index (Phi) is 9.03. The van der Waals surface area contributed by atoms with Crippen LogP contribution in [0.1, 0.15) is 49.9 Å². The summed E-state index contributed by atoms with van der Waals surface area (Å²) < 4.78 is 5.57. The molecule has 1 heterocycles. The van der Waals surface area contributed by atoms with E-state index in [0.717, 1.165) is 31.7 Å². The normalized spacial score (nSPS) is 14.6. The van der Waals surface area contributed by atoms with Crippen LogP contribution in [0.2, 0.25) is 0 Å². The van der Waals surface area contributed by atoms with Crippen molar-refractivity contribution in [3.63, 3.8) is 0 Å². The second-order valence-electron chi connectivity index (χ2n) is 6.20. The fourth-order valence-corrected chi connectivity index (χ4v) is 2.73. The highest BCUT2D eigenvalue weighted by Crippen LogP contribution is 2.13. The molecular weight excluding hydrogens is 312 g/mol. The van der Waals surface area contributed by atoms with Crippen molar-refractivity contribution >= 4 is 18.3 Å². The second-order valence-corrected chi connectivity index (χ2v) is 6.20. The van der Waals surface area contributed by atoms with Crippen molar-refractivity contribution in [2.75, 3.05) is 26.2 Å². The van der Waals surface area contributed by atoms with Gasteiger partial charge in [-0.1, -0.05) is 0 Å². The molecule has 0 unspecified atom stereocenters. The van der Waals surface area contributed by atoms with Crippen LogP contribution in [0, 0.1) is 0 Å². The van der Waals surface area contributed by atoms with Crippen molar-refractivity contribution < 1.29 is 9.53 Å².